The molecule has 3 aliphatic heterocycles. The van der Waals surface area contributed by atoms with E-state index < -0.39 is 0 Å². The van der Waals surface area contributed by atoms with Crippen LogP contribution in [0.2, 0.25) is 0 Å². The van der Waals surface area contributed by atoms with Crippen molar-refractivity contribution in [3.8, 4) is 0 Å². The minimum atomic E-state index is 0.142. The number of piperidine rings is 3. The molecule has 2 nitrogen and oxygen atoms in total. The number of rotatable bonds is 5. The highest BCUT2D eigenvalue weighted by molar-refractivity contribution is 5.88. The molecule has 0 spiro atoms. The third-order valence-electron chi connectivity index (χ3n) is 4.00. The summed E-state index contributed by atoms with van der Waals surface area (Å²) in [6, 6.07) is 0.142. The van der Waals surface area contributed by atoms with Crippen LogP contribution in [0.4, 0.5) is 0 Å². The number of hydrogen-bond donors (Lipinski definition) is 0. The van der Waals surface area contributed by atoms with Crippen LogP contribution in [0.5, 0.6) is 0 Å². The van der Waals surface area contributed by atoms with E-state index in [-0.39, 0.29) is 6.04 Å². The predicted molar refractivity (Wildman–Crippen MR) is 66.2 cm³/mol. The lowest BCUT2D eigenvalue weighted by Gasteiger charge is -2.47. The highest BCUT2D eigenvalue weighted by Gasteiger charge is 2.43. The molecule has 3 fully saturated rings. The van der Waals surface area contributed by atoms with E-state index in [1.165, 1.54) is 0 Å². The van der Waals surface area contributed by atoms with Crippen LogP contribution in [0, 0.1) is 11.8 Å². The van der Waals surface area contributed by atoms with E-state index in [0.29, 0.717) is 17.6 Å². The Morgan fingerprint density at radius 3 is 2.25 bits per heavy atom. The molecule has 0 aromatic rings. The SMILES string of the molecule is C=CCC(CC=C)C1C(=O)C2CCN1CC2. The Hall–Kier alpha value is -0.890. The Morgan fingerprint density at radius 2 is 1.81 bits per heavy atom. The van der Waals surface area contributed by atoms with E-state index in [2.05, 4.69) is 18.1 Å². The molecule has 0 amide bonds. The highest BCUT2D eigenvalue weighted by atomic mass is 16.1. The van der Waals surface area contributed by atoms with Crippen molar-refractivity contribution in [2.75, 3.05) is 13.1 Å². The molecule has 3 saturated heterocycles. The first-order valence-electron chi connectivity index (χ1n) is 6.27. The third-order valence-corrected chi connectivity index (χ3v) is 4.00. The van der Waals surface area contributed by atoms with Gasteiger partial charge in [-0.25, -0.2) is 0 Å². The minimum Gasteiger partial charge on any atom is -0.298 e. The van der Waals surface area contributed by atoms with Gasteiger partial charge in [0.2, 0.25) is 0 Å². The molecule has 0 radical (unpaired) electrons. The molecule has 88 valence electrons. The molecule has 0 aliphatic carbocycles. The van der Waals surface area contributed by atoms with Crippen molar-refractivity contribution >= 4 is 5.78 Å². The maximum Gasteiger partial charge on any atom is 0.153 e. The van der Waals surface area contributed by atoms with Crippen LogP contribution < -0.4 is 0 Å². The van der Waals surface area contributed by atoms with E-state index in [1.54, 1.807) is 0 Å². The molecule has 0 aromatic heterocycles. The maximum atomic E-state index is 12.3. The molecule has 0 N–H and O–H groups in total. The zero-order chi connectivity index (χ0) is 11.5. The van der Waals surface area contributed by atoms with Crippen LogP contribution in [0.3, 0.4) is 0 Å². The monoisotopic (exact) mass is 219 g/mol. The Kier molecular flexibility index (Phi) is 3.59. The van der Waals surface area contributed by atoms with Gasteiger partial charge >= 0.3 is 0 Å². The van der Waals surface area contributed by atoms with Crippen LogP contribution in [-0.2, 0) is 4.79 Å². The molecule has 3 heterocycles. The quantitative estimate of drug-likeness (QED) is 0.662. The average Bonchev–Trinajstić information content (AvgIpc) is 2.30. The summed E-state index contributed by atoms with van der Waals surface area (Å²) in [5.74, 6) is 1.21. The number of carbonyl (C=O) groups excluding carboxylic acids is 1. The first kappa shape index (κ1) is 11.6. The second-order valence-corrected chi connectivity index (χ2v) is 4.97. The summed E-state index contributed by atoms with van der Waals surface area (Å²) in [6.45, 7) is 9.81. The van der Waals surface area contributed by atoms with Crippen molar-refractivity contribution in [2.24, 2.45) is 11.8 Å². The molecule has 2 bridgehead atoms. The lowest BCUT2D eigenvalue weighted by molar-refractivity contribution is -0.139. The van der Waals surface area contributed by atoms with Crippen molar-refractivity contribution in [3.05, 3.63) is 25.3 Å². The molecular formula is C14H21NO. The number of carbonyl (C=O) groups is 1. The lowest BCUT2D eigenvalue weighted by atomic mass is 9.75. The number of hydrogen-bond acceptors (Lipinski definition) is 2. The number of fused-ring (bicyclic) bond motifs is 3. The summed E-state index contributed by atoms with van der Waals surface area (Å²) in [6.07, 6.45) is 7.86. The first-order valence-corrected chi connectivity index (χ1v) is 6.27. The highest BCUT2D eigenvalue weighted by Crippen LogP contribution is 2.34. The largest absolute Gasteiger partial charge is 0.298 e. The topological polar surface area (TPSA) is 20.3 Å². The van der Waals surface area contributed by atoms with E-state index in [4.69, 9.17) is 0 Å². The fraction of sp³-hybridized carbons (Fsp3) is 0.643. The lowest BCUT2D eigenvalue weighted by Crippen LogP contribution is -2.58. The molecule has 0 aromatic carbocycles. The van der Waals surface area contributed by atoms with E-state index in [9.17, 15) is 4.79 Å². The Balaban J connectivity index is 2.13. The van der Waals surface area contributed by atoms with Crippen molar-refractivity contribution < 1.29 is 4.79 Å². The van der Waals surface area contributed by atoms with Gasteiger partial charge in [-0.2, -0.15) is 0 Å². The summed E-state index contributed by atoms with van der Waals surface area (Å²) < 4.78 is 0. The number of allylic oxidation sites excluding steroid dienone is 2. The summed E-state index contributed by atoms with van der Waals surface area (Å²) in [4.78, 5) is 14.6. The van der Waals surface area contributed by atoms with Gasteiger partial charge in [-0.1, -0.05) is 12.2 Å². The molecule has 3 rings (SSSR count). The zero-order valence-electron chi connectivity index (χ0n) is 9.90. The van der Waals surface area contributed by atoms with Gasteiger partial charge in [0, 0.05) is 5.92 Å². The van der Waals surface area contributed by atoms with E-state index in [0.717, 1.165) is 38.8 Å². The molecule has 0 saturated carbocycles. The van der Waals surface area contributed by atoms with Gasteiger partial charge in [0.15, 0.2) is 5.78 Å². The van der Waals surface area contributed by atoms with E-state index >= 15 is 0 Å². The first-order chi connectivity index (χ1) is 7.77. The number of ketones is 1. The van der Waals surface area contributed by atoms with Gasteiger partial charge in [0.05, 0.1) is 6.04 Å². The third kappa shape index (κ3) is 1.99. The van der Waals surface area contributed by atoms with Gasteiger partial charge in [-0.3, -0.25) is 9.69 Å². The molecular weight excluding hydrogens is 198 g/mol. The standard InChI is InChI=1S/C14H21NO/c1-3-5-11(6-4-2)13-14(16)12-7-9-15(13)10-8-12/h3-4,11-13H,1-2,5-10H2. The zero-order valence-corrected chi connectivity index (χ0v) is 9.90. The average molecular weight is 219 g/mol. The molecule has 1 atom stereocenters. The van der Waals surface area contributed by atoms with Gasteiger partial charge in [-0.15, -0.1) is 13.2 Å². The Morgan fingerprint density at radius 1 is 1.25 bits per heavy atom. The predicted octanol–water partition coefficient (Wildman–Crippen LogP) is 2.42. The fourth-order valence-corrected chi connectivity index (χ4v) is 3.20. The minimum absolute atomic E-state index is 0.142. The van der Waals surface area contributed by atoms with Crippen LogP contribution in [-0.4, -0.2) is 29.8 Å². The van der Waals surface area contributed by atoms with E-state index in [1.807, 2.05) is 12.2 Å². The Labute approximate surface area is 98.0 Å². The van der Waals surface area contributed by atoms with Crippen molar-refractivity contribution in [2.45, 2.75) is 31.7 Å². The van der Waals surface area contributed by atoms with Crippen molar-refractivity contribution in [3.63, 3.8) is 0 Å². The number of Topliss-reactive ketones (excluding diaryl/α,β-unsaturated/α-hetero) is 1. The molecule has 1 unspecified atom stereocenters. The number of nitrogens with zero attached hydrogens (tertiary/aromatic N) is 1. The summed E-state index contributed by atoms with van der Waals surface area (Å²) >= 11 is 0. The van der Waals surface area contributed by atoms with Crippen LogP contribution in [0.25, 0.3) is 0 Å². The van der Waals surface area contributed by atoms with Crippen LogP contribution in [0.1, 0.15) is 25.7 Å². The van der Waals surface area contributed by atoms with Gasteiger partial charge in [0.1, 0.15) is 0 Å². The molecule has 16 heavy (non-hydrogen) atoms. The molecule has 2 heteroatoms. The smallest absolute Gasteiger partial charge is 0.153 e. The van der Waals surface area contributed by atoms with Gasteiger partial charge < -0.3 is 0 Å². The second kappa shape index (κ2) is 4.96. The van der Waals surface area contributed by atoms with Gasteiger partial charge in [-0.05, 0) is 44.7 Å². The van der Waals surface area contributed by atoms with Crippen LogP contribution in [0.15, 0.2) is 25.3 Å². The van der Waals surface area contributed by atoms with Crippen molar-refractivity contribution in [1.29, 1.82) is 0 Å². The van der Waals surface area contributed by atoms with Crippen LogP contribution >= 0.6 is 0 Å². The second-order valence-electron chi connectivity index (χ2n) is 4.97. The summed E-state index contributed by atoms with van der Waals surface area (Å²) in [5.41, 5.74) is 0. The molecule has 3 aliphatic rings. The summed E-state index contributed by atoms with van der Waals surface area (Å²) in [7, 11) is 0. The summed E-state index contributed by atoms with van der Waals surface area (Å²) in [5, 5.41) is 0. The van der Waals surface area contributed by atoms with Gasteiger partial charge in [0.25, 0.3) is 0 Å². The Bertz CT molecular complexity index is 279. The fourth-order valence-electron chi connectivity index (χ4n) is 3.20. The maximum absolute atomic E-state index is 12.3. The normalized spacial score (nSPS) is 33.1. The van der Waals surface area contributed by atoms with Crippen molar-refractivity contribution in [1.82, 2.24) is 4.90 Å².